The Morgan fingerprint density at radius 1 is 1.03 bits per heavy atom. The molecule has 0 saturated heterocycles. The van der Waals surface area contributed by atoms with E-state index in [0.717, 1.165) is 11.4 Å². The number of hydrogen-bond acceptors (Lipinski definition) is 6. The van der Waals surface area contributed by atoms with Gasteiger partial charge in [-0.2, -0.15) is 5.26 Å². The fourth-order valence-corrected chi connectivity index (χ4v) is 2.58. The summed E-state index contributed by atoms with van der Waals surface area (Å²) in [4.78, 5) is 21.2. The minimum atomic E-state index is -0.337. The highest BCUT2D eigenvalue weighted by atomic mass is 16.5. The molecule has 0 aliphatic rings. The molecular weight excluding hydrogens is 366 g/mol. The third kappa shape index (κ3) is 5.53. The molecule has 0 unspecified atom stereocenters. The number of nitrogens with zero attached hydrogens (tertiary/aromatic N) is 3. The van der Waals surface area contributed by atoms with Crippen LogP contribution in [0.1, 0.15) is 35.6 Å². The number of aromatic nitrogens is 2. The largest absolute Gasteiger partial charge is 0.491 e. The first-order valence-corrected chi connectivity index (χ1v) is 9.14. The van der Waals surface area contributed by atoms with E-state index in [0.29, 0.717) is 22.9 Å². The Morgan fingerprint density at radius 3 is 2.31 bits per heavy atom. The maximum Gasteiger partial charge on any atom is 0.274 e. The molecule has 3 rings (SSSR count). The van der Waals surface area contributed by atoms with Crippen molar-refractivity contribution in [1.82, 2.24) is 9.97 Å². The lowest BCUT2D eigenvalue weighted by molar-refractivity contribution is 0.102. The van der Waals surface area contributed by atoms with Crippen LogP contribution in [0.3, 0.4) is 0 Å². The maximum absolute atomic E-state index is 12.6. The number of amides is 1. The zero-order chi connectivity index (χ0) is 20.8. The number of carbonyl (C=O) groups excluding carboxylic acids is 1. The summed E-state index contributed by atoms with van der Waals surface area (Å²) in [5.41, 5.74) is 2.83. The normalized spacial score (nSPS) is 10.3. The van der Waals surface area contributed by atoms with Gasteiger partial charge in [-0.25, -0.2) is 9.97 Å². The molecule has 2 aromatic carbocycles. The van der Waals surface area contributed by atoms with Crippen molar-refractivity contribution in [2.24, 2.45) is 0 Å². The topological polar surface area (TPSA) is 99.9 Å². The number of ether oxygens (including phenoxy) is 1. The minimum absolute atomic E-state index is 0.0847. The molecule has 0 aliphatic carbocycles. The lowest BCUT2D eigenvalue weighted by Gasteiger charge is -2.11. The van der Waals surface area contributed by atoms with Crippen molar-refractivity contribution in [2.45, 2.75) is 26.9 Å². The van der Waals surface area contributed by atoms with Gasteiger partial charge in [0.05, 0.1) is 17.7 Å². The Kier molecular flexibility index (Phi) is 6.05. The van der Waals surface area contributed by atoms with Gasteiger partial charge in [-0.05, 0) is 75.4 Å². The summed E-state index contributed by atoms with van der Waals surface area (Å²) >= 11 is 0. The molecule has 1 heterocycles. The Balaban J connectivity index is 1.72. The standard InChI is InChI=1S/C22H21N5O2/c1-14(2)29-19-10-8-17(9-11-19)25-21(28)20-12-15(3)24-22(27-20)26-18-6-4-16(13-23)5-7-18/h4-12,14H,1-3H3,(H,25,28)(H,24,26,27). The van der Waals surface area contributed by atoms with Gasteiger partial charge in [0.15, 0.2) is 0 Å². The van der Waals surface area contributed by atoms with Crippen LogP contribution < -0.4 is 15.4 Å². The number of nitriles is 1. The third-order valence-corrected chi connectivity index (χ3v) is 3.84. The molecule has 1 aromatic heterocycles. The molecule has 29 heavy (non-hydrogen) atoms. The Hall–Kier alpha value is -3.92. The Bertz CT molecular complexity index is 1040. The van der Waals surface area contributed by atoms with Gasteiger partial charge in [0.25, 0.3) is 5.91 Å². The average molecular weight is 387 g/mol. The molecule has 1 amide bonds. The van der Waals surface area contributed by atoms with E-state index in [2.05, 4.69) is 26.7 Å². The van der Waals surface area contributed by atoms with Gasteiger partial charge in [0.1, 0.15) is 11.4 Å². The predicted molar refractivity (Wildman–Crippen MR) is 111 cm³/mol. The van der Waals surface area contributed by atoms with Crippen LogP contribution in [0.4, 0.5) is 17.3 Å². The van der Waals surface area contributed by atoms with Crippen molar-refractivity contribution in [2.75, 3.05) is 10.6 Å². The number of aryl methyl sites for hydroxylation is 1. The number of rotatable bonds is 6. The summed E-state index contributed by atoms with van der Waals surface area (Å²) in [6.07, 6.45) is 0.0847. The fourth-order valence-electron chi connectivity index (χ4n) is 2.58. The van der Waals surface area contributed by atoms with Crippen molar-refractivity contribution >= 4 is 23.2 Å². The molecule has 0 bridgehead atoms. The van der Waals surface area contributed by atoms with Crippen molar-refractivity contribution in [3.8, 4) is 11.8 Å². The summed E-state index contributed by atoms with van der Waals surface area (Å²) in [5, 5.41) is 14.8. The highest BCUT2D eigenvalue weighted by Gasteiger charge is 2.12. The van der Waals surface area contributed by atoms with Gasteiger partial charge in [0.2, 0.25) is 5.95 Å². The summed E-state index contributed by atoms with van der Waals surface area (Å²) < 4.78 is 5.60. The van der Waals surface area contributed by atoms with Crippen molar-refractivity contribution in [3.63, 3.8) is 0 Å². The quantitative estimate of drug-likeness (QED) is 0.649. The zero-order valence-corrected chi connectivity index (χ0v) is 16.4. The lowest BCUT2D eigenvalue weighted by atomic mass is 10.2. The number of hydrogen-bond donors (Lipinski definition) is 2. The first-order chi connectivity index (χ1) is 13.9. The summed E-state index contributed by atoms with van der Waals surface area (Å²) in [6.45, 7) is 5.70. The van der Waals surface area contributed by atoms with Crippen LogP contribution in [0, 0.1) is 18.3 Å². The first-order valence-electron chi connectivity index (χ1n) is 9.14. The molecular formula is C22H21N5O2. The van der Waals surface area contributed by atoms with E-state index in [1.807, 2.05) is 13.8 Å². The number of nitrogens with one attached hydrogen (secondary N) is 2. The monoisotopic (exact) mass is 387 g/mol. The zero-order valence-electron chi connectivity index (χ0n) is 16.4. The Morgan fingerprint density at radius 2 is 1.69 bits per heavy atom. The summed E-state index contributed by atoms with van der Waals surface area (Å²) in [7, 11) is 0. The van der Waals surface area contributed by atoms with Gasteiger partial charge < -0.3 is 15.4 Å². The van der Waals surface area contributed by atoms with Crippen LogP contribution in [0.15, 0.2) is 54.6 Å². The molecule has 2 N–H and O–H groups in total. The smallest absolute Gasteiger partial charge is 0.274 e. The molecule has 3 aromatic rings. The number of carbonyl (C=O) groups is 1. The second kappa shape index (κ2) is 8.85. The van der Waals surface area contributed by atoms with Crippen LogP contribution in [0.2, 0.25) is 0 Å². The number of anilines is 3. The Labute approximate surface area is 169 Å². The molecule has 0 spiro atoms. The molecule has 146 valence electrons. The third-order valence-electron chi connectivity index (χ3n) is 3.84. The van der Waals surface area contributed by atoms with Crippen LogP contribution in [0.5, 0.6) is 5.75 Å². The predicted octanol–water partition coefficient (Wildman–Crippen LogP) is 4.44. The summed E-state index contributed by atoms with van der Waals surface area (Å²) in [5.74, 6) is 0.709. The van der Waals surface area contributed by atoms with E-state index >= 15 is 0 Å². The highest BCUT2D eigenvalue weighted by molar-refractivity contribution is 6.03. The second-order valence-corrected chi connectivity index (χ2v) is 6.68. The van der Waals surface area contributed by atoms with Gasteiger partial charge in [-0.3, -0.25) is 4.79 Å². The van der Waals surface area contributed by atoms with Crippen LogP contribution in [-0.4, -0.2) is 22.0 Å². The van der Waals surface area contributed by atoms with Gasteiger partial charge >= 0.3 is 0 Å². The van der Waals surface area contributed by atoms with E-state index < -0.39 is 0 Å². The lowest BCUT2D eigenvalue weighted by Crippen LogP contribution is -2.15. The minimum Gasteiger partial charge on any atom is -0.491 e. The van der Waals surface area contributed by atoms with Gasteiger partial charge in [-0.15, -0.1) is 0 Å². The van der Waals surface area contributed by atoms with Crippen LogP contribution >= 0.6 is 0 Å². The SMILES string of the molecule is Cc1cc(C(=O)Nc2ccc(OC(C)C)cc2)nc(Nc2ccc(C#N)cc2)n1. The van der Waals surface area contributed by atoms with E-state index in [4.69, 9.17) is 10.00 Å². The first kappa shape index (κ1) is 19.8. The van der Waals surface area contributed by atoms with Crippen molar-refractivity contribution < 1.29 is 9.53 Å². The van der Waals surface area contributed by atoms with E-state index in [-0.39, 0.29) is 17.7 Å². The second-order valence-electron chi connectivity index (χ2n) is 6.68. The van der Waals surface area contributed by atoms with Crippen molar-refractivity contribution in [3.05, 3.63) is 71.5 Å². The van der Waals surface area contributed by atoms with Gasteiger partial charge in [0, 0.05) is 17.1 Å². The fraction of sp³-hybridized carbons (Fsp3) is 0.182. The van der Waals surface area contributed by atoms with E-state index in [1.54, 1.807) is 61.5 Å². The maximum atomic E-state index is 12.6. The molecule has 7 nitrogen and oxygen atoms in total. The summed E-state index contributed by atoms with van der Waals surface area (Å²) in [6, 6.07) is 17.7. The van der Waals surface area contributed by atoms with Crippen LogP contribution in [-0.2, 0) is 0 Å². The van der Waals surface area contributed by atoms with Crippen molar-refractivity contribution in [1.29, 1.82) is 5.26 Å². The van der Waals surface area contributed by atoms with E-state index in [9.17, 15) is 4.79 Å². The number of benzene rings is 2. The molecule has 0 atom stereocenters. The van der Waals surface area contributed by atoms with E-state index in [1.165, 1.54) is 0 Å². The molecule has 0 saturated carbocycles. The highest BCUT2D eigenvalue weighted by Crippen LogP contribution is 2.18. The molecule has 0 radical (unpaired) electrons. The average Bonchev–Trinajstić information content (AvgIpc) is 2.69. The molecule has 0 aliphatic heterocycles. The molecule has 7 heteroatoms. The van der Waals surface area contributed by atoms with Gasteiger partial charge in [-0.1, -0.05) is 0 Å². The van der Waals surface area contributed by atoms with Crippen LogP contribution in [0.25, 0.3) is 0 Å². The molecule has 0 fully saturated rings.